The van der Waals surface area contributed by atoms with Crippen molar-refractivity contribution >= 4 is 27.3 Å². The van der Waals surface area contributed by atoms with Crippen molar-refractivity contribution in [2.45, 2.75) is 36.9 Å². The van der Waals surface area contributed by atoms with E-state index in [1.165, 1.54) is 24.3 Å². The molecule has 0 saturated heterocycles. The fraction of sp³-hybridized carbons (Fsp3) is 0.316. The average molecular weight is 374 g/mol. The normalized spacial score (nSPS) is 18.0. The molecule has 1 heterocycles. The molecular formula is C19H19FN2O3S. The van der Waals surface area contributed by atoms with Crippen molar-refractivity contribution in [3.05, 3.63) is 59.4 Å². The molecule has 1 aliphatic heterocycles. The lowest BCUT2D eigenvalue weighted by molar-refractivity contribution is -0.120. The molecule has 1 saturated carbocycles. The third-order valence-corrected chi connectivity index (χ3v) is 6.48. The van der Waals surface area contributed by atoms with Crippen LogP contribution in [0.5, 0.6) is 0 Å². The maximum absolute atomic E-state index is 13.0. The number of amides is 1. The molecule has 0 aromatic heterocycles. The van der Waals surface area contributed by atoms with E-state index in [9.17, 15) is 17.6 Å². The van der Waals surface area contributed by atoms with E-state index in [2.05, 4.69) is 10.0 Å². The van der Waals surface area contributed by atoms with Crippen molar-refractivity contribution in [1.29, 1.82) is 0 Å². The van der Waals surface area contributed by atoms with E-state index >= 15 is 0 Å². The van der Waals surface area contributed by atoms with Crippen LogP contribution in [0.3, 0.4) is 0 Å². The summed E-state index contributed by atoms with van der Waals surface area (Å²) >= 11 is 0. The molecule has 0 bridgehead atoms. The summed E-state index contributed by atoms with van der Waals surface area (Å²) in [7, 11) is -3.64. The van der Waals surface area contributed by atoms with Crippen molar-refractivity contribution in [2.24, 2.45) is 0 Å². The summed E-state index contributed by atoms with van der Waals surface area (Å²) in [6.07, 6.45) is 3.57. The summed E-state index contributed by atoms with van der Waals surface area (Å²) in [5.41, 5.74) is 2.06. The maximum atomic E-state index is 13.0. The highest BCUT2D eigenvalue weighted by Crippen LogP contribution is 2.49. The molecule has 0 atom stereocenters. The first-order chi connectivity index (χ1) is 12.4. The first-order valence-electron chi connectivity index (χ1n) is 8.59. The Bertz CT molecular complexity index is 965. The predicted molar refractivity (Wildman–Crippen MR) is 97.9 cm³/mol. The molecule has 2 aliphatic rings. The zero-order valence-corrected chi connectivity index (χ0v) is 14.9. The molecule has 2 N–H and O–H groups in total. The fourth-order valence-corrected chi connectivity index (χ4v) is 5.16. The van der Waals surface area contributed by atoms with Crippen LogP contribution in [0, 0.1) is 5.82 Å². The summed E-state index contributed by atoms with van der Waals surface area (Å²) < 4.78 is 40.4. The number of carbonyl (C=O) groups excluding carboxylic acids is 1. The van der Waals surface area contributed by atoms with E-state index in [-0.39, 0.29) is 11.7 Å². The average Bonchev–Trinajstić information content (AvgIpc) is 3.17. The number of anilines is 2. The Labute approximate surface area is 151 Å². The zero-order valence-electron chi connectivity index (χ0n) is 14.1. The van der Waals surface area contributed by atoms with Crippen molar-refractivity contribution in [3.8, 4) is 0 Å². The molecule has 1 spiro atoms. The van der Waals surface area contributed by atoms with Crippen LogP contribution in [-0.2, 0) is 26.0 Å². The molecule has 1 amide bonds. The van der Waals surface area contributed by atoms with Crippen LogP contribution in [0.15, 0.2) is 42.5 Å². The van der Waals surface area contributed by atoms with Gasteiger partial charge < -0.3 is 5.32 Å². The lowest BCUT2D eigenvalue weighted by Gasteiger charge is -2.21. The van der Waals surface area contributed by atoms with Gasteiger partial charge in [-0.2, -0.15) is 0 Å². The summed E-state index contributed by atoms with van der Waals surface area (Å²) in [6, 6.07) is 10.5. The number of nitrogens with one attached hydrogen (secondary N) is 2. The summed E-state index contributed by atoms with van der Waals surface area (Å²) in [4.78, 5) is 12.4. The second-order valence-corrected chi connectivity index (χ2v) is 8.71. The van der Waals surface area contributed by atoms with Gasteiger partial charge in [-0.1, -0.05) is 25.0 Å². The molecule has 1 aliphatic carbocycles. The summed E-state index contributed by atoms with van der Waals surface area (Å²) in [5.74, 6) is -0.639. The first kappa shape index (κ1) is 17.0. The molecule has 7 heteroatoms. The van der Waals surface area contributed by atoms with E-state index < -0.39 is 21.3 Å². The number of hydrogen-bond donors (Lipinski definition) is 2. The molecular weight excluding hydrogens is 355 g/mol. The monoisotopic (exact) mass is 374 g/mol. The van der Waals surface area contributed by atoms with Crippen LogP contribution in [-0.4, -0.2) is 14.3 Å². The highest BCUT2D eigenvalue weighted by molar-refractivity contribution is 7.91. The molecule has 26 heavy (non-hydrogen) atoms. The largest absolute Gasteiger partial charge is 0.325 e. The molecule has 2 aromatic carbocycles. The van der Waals surface area contributed by atoms with Gasteiger partial charge in [0.1, 0.15) is 5.82 Å². The summed E-state index contributed by atoms with van der Waals surface area (Å²) in [5, 5.41) is 2.91. The Hall–Kier alpha value is -2.41. The van der Waals surface area contributed by atoms with E-state index in [4.69, 9.17) is 0 Å². The molecule has 0 unspecified atom stereocenters. The molecule has 1 fully saturated rings. The van der Waals surface area contributed by atoms with Crippen molar-refractivity contribution in [1.82, 2.24) is 0 Å². The van der Waals surface area contributed by atoms with Gasteiger partial charge in [0.15, 0.2) is 0 Å². The number of carbonyl (C=O) groups is 1. The van der Waals surface area contributed by atoms with Crippen LogP contribution < -0.4 is 10.0 Å². The fourth-order valence-electron chi connectivity index (χ4n) is 3.97. The number of sulfonamides is 1. The Balaban J connectivity index is 1.59. The van der Waals surface area contributed by atoms with Gasteiger partial charge in [-0.15, -0.1) is 0 Å². The third kappa shape index (κ3) is 2.96. The zero-order chi connectivity index (χ0) is 18.4. The van der Waals surface area contributed by atoms with Crippen molar-refractivity contribution in [3.63, 3.8) is 0 Å². The van der Waals surface area contributed by atoms with Crippen molar-refractivity contribution < 1.29 is 17.6 Å². The predicted octanol–water partition coefficient (Wildman–Crippen LogP) is 3.53. The van der Waals surface area contributed by atoms with E-state index in [0.717, 1.165) is 36.9 Å². The van der Waals surface area contributed by atoms with Crippen LogP contribution in [0.1, 0.15) is 36.8 Å². The number of rotatable bonds is 4. The Kier molecular flexibility index (Phi) is 3.99. The number of hydrogen-bond acceptors (Lipinski definition) is 3. The van der Waals surface area contributed by atoms with Gasteiger partial charge in [0, 0.05) is 11.4 Å². The van der Waals surface area contributed by atoms with Gasteiger partial charge in [-0.3, -0.25) is 9.52 Å². The van der Waals surface area contributed by atoms with Gasteiger partial charge in [0.25, 0.3) is 0 Å². The standard InChI is InChI=1S/C19H19FN2O3S/c20-14-5-3-13(4-6-14)12-26(24,25)22-15-7-8-17-16(11-15)19(18(23)21-17)9-1-2-10-19/h3-8,11,22H,1-2,9-10,12H2,(H,21,23). The third-order valence-electron chi connectivity index (χ3n) is 5.22. The number of halogens is 1. The highest BCUT2D eigenvalue weighted by Gasteiger charge is 2.48. The maximum Gasteiger partial charge on any atom is 0.236 e. The lowest BCUT2D eigenvalue weighted by Crippen LogP contribution is -2.31. The number of benzene rings is 2. The van der Waals surface area contributed by atoms with Crippen molar-refractivity contribution in [2.75, 3.05) is 10.0 Å². The van der Waals surface area contributed by atoms with Gasteiger partial charge in [0.2, 0.25) is 15.9 Å². The second-order valence-electron chi connectivity index (χ2n) is 6.99. The van der Waals surface area contributed by atoms with Crippen LogP contribution in [0.25, 0.3) is 0 Å². The van der Waals surface area contributed by atoms with E-state index in [1.54, 1.807) is 18.2 Å². The molecule has 5 nitrogen and oxygen atoms in total. The first-order valence-corrected chi connectivity index (χ1v) is 10.2. The Morgan fingerprint density at radius 3 is 2.46 bits per heavy atom. The molecule has 136 valence electrons. The van der Waals surface area contributed by atoms with Crippen LogP contribution >= 0.6 is 0 Å². The Morgan fingerprint density at radius 1 is 1.08 bits per heavy atom. The number of fused-ring (bicyclic) bond motifs is 2. The lowest BCUT2D eigenvalue weighted by atomic mass is 9.80. The molecule has 2 aromatic rings. The topological polar surface area (TPSA) is 75.3 Å². The van der Waals surface area contributed by atoms with Gasteiger partial charge >= 0.3 is 0 Å². The van der Waals surface area contributed by atoms with Gasteiger partial charge in [-0.25, -0.2) is 12.8 Å². The van der Waals surface area contributed by atoms with Gasteiger partial charge in [0.05, 0.1) is 11.2 Å². The molecule has 0 radical (unpaired) electrons. The smallest absolute Gasteiger partial charge is 0.236 e. The van der Waals surface area contributed by atoms with E-state index in [0.29, 0.717) is 11.3 Å². The Morgan fingerprint density at radius 2 is 1.77 bits per heavy atom. The minimum absolute atomic E-state index is 0.0105. The van der Waals surface area contributed by atoms with Crippen LogP contribution in [0.2, 0.25) is 0 Å². The van der Waals surface area contributed by atoms with E-state index in [1.807, 2.05) is 0 Å². The molecule has 4 rings (SSSR count). The second kappa shape index (κ2) is 6.09. The van der Waals surface area contributed by atoms with Crippen LogP contribution in [0.4, 0.5) is 15.8 Å². The summed E-state index contributed by atoms with van der Waals surface area (Å²) in [6.45, 7) is 0. The highest BCUT2D eigenvalue weighted by atomic mass is 32.2. The van der Waals surface area contributed by atoms with Gasteiger partial charge in [-0.05, 0) is 54.3 Å². The minimum atomic E-state index is -3.64. The SMILES string of the molecule is O=C1Nc2ccc(NS(=O)(=O)Cc3ccc(F)cc3)cc2C12CCCC2. The quantitative estimate of drug-likeness (QED) is 0.860. The minimum Gasteiger partial charge on any atom is -0.325 e.